The monoisotopic (exact) mass is 188 g/mol. The Balaban J connectivity index is 3.80. The Morgan fingerprint density at radius 3 is 2.08 bits per heavy atom. The molecular formula is C11H24O2. The van der Waals surface area contributed by atoms with Crippen LogP contribution in [0.15, 0.2) is 0 Å². The van der Waals surface area contributed by atoms with Crippen molar-refractivity contribution < 1.29 is 10.2 Å². The summed E-state index contributed by atoms with van der Waals surface area (Å²) in [5, 5.41) is 19.4. The highest BCUT2D eigenvalue weighted by Gasteiger charge is 2.29. The Morgan fingerprint density at radius 2 is 1.62 bits per heavy atom. The van der Waals surface area contributed by atoms with Crippen molar-refractivity contribution in [2.45, 2.75) is 65.1 Å². The number of unbranched alkanes of at least 4 members (excludes halogenated alkanes) is 2. The molecule has 0 aliphatic heterocycles. The van der Waals surface area contributed by atoms with Crippen molar-refractivity contribution in [3.8, 4) is 0 Å². The SMILES string of the molecule is CCCCC(C)C(O)(O)CCCC. The average Bonchev–Trinajstić information content (AvgIpc) is 2.10. The Hall–Kier alpha value is -0.0800. The molecule has 0 aromatic heterocycles. The zero-order valence-corrected chi connectivity index (χ0v) is 9.21. The Kier molecular flexibility index (Phi) is 6.35. The first kappa shape index (κ1) is 12.9. The maximum absolute atomic E-state index is 9.70. The summed E-state index contributed by atoms with van der Waals surface area (Å²) in [6.45, 7) is 6.10. The van der Waals surface area contributed by atoms with E-state index >= 15 is 0 Å². The van der Waals surface area contributed by atoms with Crippen molar-refractivity contribution >= 4 is 0 Å². The highest BCUT2D eigenvalue weighted by atomic mass is 16.5. The lowest BCUT2D eigenvalue weighted by molar-refractivity contribution is -0.202. The van der Waals surface area contributed by atoms with Crippen LogP contribution in [0.3, 0.4) is 0 Å². The summed E-state index contributed by atoms with van der Waals surface area (Å²) in [4.78, 5) is 0. The van der Waals surface area contributed by atoms with Crippen LogP contribution in [-0.2, 0) is 0 Å². The van der Waals surface area contributed by atoms with Crippen LogP contribution >= 0.6 is 0 Å². The van der Waals surface area contributed by atoms with Gasteiger partial charge in [0.15, 0.2) is 5.79 Å². The molecule has 0 saturated carbocycles. The molecule has 0 saturated heterocycles. The van der Waals surface area contributed by atoms with Gasteiger partial charge in [0.05, 0.1) is 0 Å². The van der Waals surface area contributed by atoms with E-state index in [1.165, 1.54) is 0 Å². The third kappa shape index (κ3) is 5.27. The van der Waals surface area contributed by atoms with Crippen LogP contribution in [0, 0.1) is 5.92 Å². The Labute approximate surface area is 82.0 Å². The van der Waals surface area contributed by atoms with Crippen molar-refractivity contribution in [1.82, 2.24) is 0 Å². The molecule has 0 amide bonds. The highest BCUT2D eigenvalue weighted by molar-refractivity contribution is 4.71. The van der Waals surface area contributed by atoms with Crippen LogP contribution in [0.4, 0.5) is 0 Å². The largest absolute Gasteiger partial charge is 0.365 e. The zero-order valence-electron chi connectivity index (χ0n) is 9.21. The van der Waals surface area contributed by atoms with E-state index in [-0.39, 0.29) is 5.92 Å². The normalized spacial score (nSPS) is 14.5. The van der Waals surface area contributed by atoms with E-state index in [2.05, 4.69) is 13.8 Å². The second-order valence-electron chi connectivity index (χ2n) is 4.03. The first-order valence-electron chi connectivity index (χ1n) is 5.49. The Bertz CT molecular complexity index is 121. The molecule has 2 heteroatoms. The molecule has 0 fully saturated rings. The predicted molar refractivity (Wildman–Crippen MR) is 55.4 cm³/mol. The van der Waals surface area contributed by atoms with Gasteiger partial charge in [-0.3, -0.25) is 0 Å². The fourth-order valence-electron chi connectivity index (χ4n) is 1.42. The molecule has 1 unspecified atom stereocenters. The molecule has 0 aliphatic carbocycles. The summed E-state index contributed by atoms with van der Waals surface area (Å²) in [6.07, 6.45) is 5.53. The molecule has 2 nitrogen and oxygen atoms in total. The number of hydrogen-bond donors (Lipinski definition) is 2. The summed E-state index contributed by atoms with van der Waals surface area (Å²) < 4.78 is 0. The molecule has 0 spiro atoms. The third-order valence-electron chi connectivity index (χ3n) is 2.68. The van der Waals surface area contributed by atoms with Gasteiger partial charge in [-0.05, 0) is 12.8 Å². The zero-order chi connectivity index (χ0) is 10.3. The van der Waals surface area contributed by atoms with Crippen molar-refractivity contribution in [1.29, 1.82) is 0 Å². The van der Waals surface area contributed by atoms with Gasteiger partial charge in [0.2, 0.25) is 0 Å². The van der Waals surface area contributed by atoms with E-state index in [4.69, 9.17) is 0 Å². The van der Waals surface area contributed by atoms with Gasteiger partial charge in [0.1, 0.15) is 0 Å². The molecule has 0 radical (unpaired) electrons. The van der Waals surface area contributed by atoms with Crippen molar-refractivity contribution in [2.75, 3.05) is 0 Å². The van der Waals surface area contributed by atoms with Crippen molar-refractivity contribution in [3.63, 3.8) is 0 Å². The van der Waals surface area contributed by atoms with Crippen LogP contribution in [0.2, 0.25) is 0 Å². The molecule has 0 rings (SSSR count). The van der Waals surface area contributed by atoms with Gasteiger partial charge in [-0.1, -0.05) is 40.0 Å². The number of rotatable bonds is 7. The standard InChI is InChI=1S/C11H24O2/c1-4-6-8-10(3)11(12,13)9-7-5-2/h10,12-13H,4-9H2,1-3H3. The van der Waals surface area contributed by atoms with E-state index in [1.807, 2.05) is 6.92 Å². The molecular weight excluding hydrogens is 164 g/mol. The second-order valence-corrected chi connectivity index (χ2v) is 4.03. The van der Waals surface area contributed by atoms with Gasteiger partial charge in [-0.25, -0.2) is 0 Å². The second kappa shape index (κ2) is 6.39. The summed E-state index contributed by atoms with van der Waals surface area (Å²) in [7, 11) is 0. The fourth-order valence-corrected chi connectivity index (χ4v) is 1.42. The fraction of sp³-hybridized carbons (Fsp3) is 1.00. The van der Waals surface area contributed by atoms with Crippen LogP contribution in [-0.4, -0.2) is 16.0 Å². The van der Waals surface area contributed by atoms with Crippen LogP contribution in [0.25, 0.3) is 0 Å². The minimum Gasteiger partial charge on any atom is -0.365 e. The minimum absolute atomic E-state index is 0.000926. The molecule has 80 valence electrons. The molecule has 2 N–H and O–H groups in total. The topological polar surface area (TPSA) is 40.5 Å². The van der Waals surface area contributed by atoms with E-state index < -0.39 is 5.79 Å². The van der Waals surface area contributed by atoms with Gasteiger partial charge < -0.3 is 10.2 Å². The van der Waals surface area contributed by atoms with Crippen LogP contribution in [0.5, 0.6) is 0 Å². The van der Waals surface area contributed by atoms with Gasteiger partial charge in [-0.15, -0.1) is 0 Å². The summed E-state index contributed by atoms with van der Waals surface area (Å²) in [5.41, 5.74) is 0. The first-order valence-corrected chi connectivity index (χ1v) is 5.49. The van der Waals surface area contributed by atoms with Crippen LogP contribution in [0.1, 0.15) is 59.3 Å². The van der Waals surface area contributed by atoms with E-state index in [0.717, 1.165) is 32.1 Å². The average molecular weight is 188 g/mol. The summed E-state index contributed by atoms with van der Waals surface area (Å²) in [5.74, 6) is -1.44. The van der Waals surface area contributed by atoms with E-state index in [1.54, 1.807) is 0 Å². The van der Waals surface area contributed by atoms with Crippen molar-refractivity contribution in [3.05, 3.63) is 0 Å². The molecule has 13 heavy (non-hydrogen) atoms. The van der Waals surface area contributed by atoms with E-state index in [9.17, 15) is 10.2 Å². The summed E-state index contributed by atoms with van der Waals surface area (Å²) in [6, 6.07) is 0. The summed E-state index contributed by atoms with van der Waals surface area (Å²) >= 11 is 0. The maximum atomic E-state index is 9.70. The lowest BCUT2D eigenvalue weighted by atomic mass is 9.91. The molecule has 0 aromatic carbocycles. The van der Waals surface area contributed by atoms with Crippen molar-refractivity contribution in [2.24, 2.45) is 5.92 Å². The lowest BCUT2D eigenvalue weighted by Crippen LogP contribution is -2.36. The maximum Gasteiger partial charge on any atom is 0.165 e. The minimum atomic E-state index is -1.44. The van der Waals surface area contributed by atoms with Crippen LogP contribution < -0.4 is 0 Å². The van der Waals surface area contributed by atoms with Gasteiger partial charge in [-0.2, -0.15) is 0 Å². The number of hydrogen-bond acceptors (Lipinski definition) is 2. The van der Waals surface area contributed by atoms with Gasteiger partial charge in [0, 0.05) is 12.3 Å². The number of aliphatic hydroxyl groups is 2. The molecule has 0 aromatic rings. The molecule has 1 atom stereocenters. The van der Waals surface area contributed by atoms with Gasteiger partial charge in [0.25, 0.3) is 0 Å². The van der Waals surface area contributed by atoms with Gasteiger partial charge >= 0.3 is 0 Å². The van der Waals surface area contributed by atoms with E-state index in [0.29, 0.717) is 6.42 Å². The first-order chi connectivity index (χ1) is 6.04. The quantitative estimate of drug-likeness (QED) is 0.603. The lowest BCUT2D eigenvalue weighted by Gasteiger charge is -2.28. The molecule has 0 bridgehead atoms. The molecule has 0 heterocycles. The Morgan fingerprint density at radius 1 is 1.08 bits per heavy atom. The molecule has 0 aliphatic rings. The third-order valence-corrected chi connectivity index (χ3v) is 2.68. The highest BCUT2D eigenvalue weighted by Crippen LogP contribution is 2.25. The predicted octanol–water partition coefficient (Wildman–Crippen LogP) is 2.68. The smallest absolute Gasteiger partial charge is 0.165 e.